The number of fused-ring (bicyclic) bond motifs is 3. The predicted molar refractivity (Wildman–Crippen MR) is 256 cm³/mol. The summed E-state index contributed by atoms with van der Waals surface area (Å²) in [5.74, 6) is -1.57. The van der Waals surface area contributed by atoms with Crippen LogP contribution in [0, 0.1) is 23.6 Å². The van der Waals surface area contributed by atoms with Gasteiger partial charge in [0, 0.05) is 43.1 Å². The van der Waals surface area contributed by atoms with Crippen LogP contribution in [0.3, 0.4) is 0 Å². The number of unbranched alkanes of at least 4 members (excludes halogenated alkanes) is 2. The number of carbonyl (C=O) groups excluding carboxylic acids is 1. The van der Waals surface area contributed by atoms with E-state index in [-0.39, 0.29) is 69.6 Å². The molecule has 11 nitrogen and oxygen atoms in total. The highest BCUT2D eigenvalue weighted by Crippen LogP contribution is 2.62. The number of amides is 1. The number of aliphatic hydroxyl groups excluding tert-OH is 2. The molecule has 67 heavy (non-hydrogen) atoms. The van der Waals surface area contributed by atoms with E-state index in [0.717, 1.165) is 66.0 Å². The quantitative estimate of drug-likeness (QED) is 0.0450. The molecule has 2 aliphatic heterocycles. The summed E-state index contributed by atoms with van der Waals surface area (Å²) < 4.78 is 48.0. The Hall–Kier alpha value is -5.53. The Morgan fingerprint density at radius 1 is 0.925 bits per heavy atom. The van der Waals surface area contributed by atoms with E-state index in [0.29, 0.717) is 55.1 Å². The minimum Gasteiger partial charge on any atom is -0.489 e. The minimum absolute atomic E-state index is 0.0103. The summed E-state index contributed by atoms with van der Waals surface area (Å²) in [6.07, 6.45) is 12.3. The molecule has 356 valence electrons. The van der Waals surface area contributed by atoms with Crippen molar-refractivity contribution in [1.29, 1.82) is 0 Å². The van der Waals surface area contributed by atoms with E-state index in [4.69, 9.17) is 33.7 Å². The summed E-state index contributed by atoms with van der Waals surface area (Å²) in [6, 6.07) is 25.7. The van der Waals surface area contributed by atoms with Gasteiger partial charge in [-0.15, -0.1) is 13.2 Å². The Morgan fingerprint density at radius 2 is 1.72 bits per heavy atom. The second-order valence-electron chi connectivity index (χ2n) is 18.0. The van der Waals surface area contributed by atoms with Gasteiger partial charge in [-0.25, -0.2) is 9.18 Å². The molecule has 4 aromatic rings. The Bertz CT molecular complexity index is 2380. The van der Waals surface area contributed by atoms with Crippen molar-refractivity contribution in [3.63, 3.8) is 0 Å². The van der Waals surface area contributed by atoms with Crippen molar-refractivity contribution in [1.82, 2.24) is 4.90 Å². The van der Waals surface area contributed by atoms with E-state index in [2.05, 4.69) is 37.4 Å². The van der Waals surface area contributed by atoms with Gasteiger partial charge in [0.1, 0.15) is 30.0 Å². The fourth-order valence-electron chi connectivity index (χ4n) is 10.7. The molecular weight excluding hydrogens is 852 g/mol. The van der Waals surface area contributed by atoms with Crippen LogP contribution in [0.1, 0.15) is 93.2 Å². The lowest BCUT2D eigenvalue weighted by atomic mass is 9.55. The molecule has 12 heteroatoms. The number of allylic oxidation sites excluding steroid dienone is 1. The van der Waals surface area contributed by atoms with Gasteiger partial charge in [0.25, 0.3) is 0 Å². The lowest BCUT2D eigenvalue weighted by Crippen LogP contribution is -2.70. The molecule has 0 radical (unpaired) electrons. The molecule has 7 unspecified atom stereocenters. The van der Waals surface area contributed by atoms with E-state index in [9.17, 15) is 19.4 Å². The average Bonchev–Trinajstić information content (AvgIpc) is 3.35. The van der Waals surface area contributed by atoms with Crippen LogP contribution >= 0.6 is 0 Å². The van der Waals surface area contributed by atoms with Crippen LogP contribution in [0.2, 0.25) is 0 Å². The number of nitrogens with zero attached hydrogens (tertiary/aromatic N) is 2. The fraction of sp³-hybridized carbons (Fsp3) is 0.455. The highest BCUT2D eigenvalue weighted by molar-refractivity contribution is 6.03. The first-order valence-electron chi connectivity index (χ1n) is 24.1. The average molecular weight is 917 g/mol. The Kier molecular flexibility index (Phi) is 16.4. The van der Waals surface area contributed by atoms with E-state index in [1.807, 2.05) is 42.5 Å². The number of hydrogen-bond acceptors (Lipinski definition) is 10. The molecule has 2 aliphatic carbocycles. The van der Waals surface area contributed by atoms with Crippen molar-refractivity contribution in [2.75, 3.05) is 33.0 Å². The smallest absolute Gasteiger partial charge is 0.410 e. The first kappa shape index (κ1) is 47.9. The van der Waals surface area contributed by atoms with Gasteiger partial charge in [0.2, 0.25) is 12.1 Å². The molecular formula is C55H65FN2O9. The van der Waals surface area contributed by atoms with E-state index >= 15 is 0 Å². The Balaban J connectivity index is 1.34. The SMILES string of the molecule is C=CCCOC(=O)N(Cc1cccc2ccccc12)C1CC(=NOC2CCCCO2)C2=CC(CCCCO)C(CCCCO)C3c4cc(OCc5ccccc5F)ccc4OC1(OCC=C)C23. The summed E-state index contributed by atoms with van der Waals surface area (Å²) in [4.78, 5) is 23.1. The number of carbonyl (C=O) groups is 1. The van der Waals surface area contributed by atoms with Crippen molar-refractivity contribution in [3.05, 3.63) is 144 Å². The molecule has 2 heterocycles. The molecule has 0 bridgehead atoms. The van der Waals surface area contributed by atoms with Crippen LogP contribution in [-0.2, 0) is 32.2 Å². The van der Waals surface area contributed by atoms with Crippen molar-refractivity contribution in [2.24, 2.45) is 22.9 Å². The number of rotatable bonds is 22. The van der Waals surface area contributed by atoms with Crippen molar-refractivity contribution in [3.8, 4) is 11.5 Å². The van der Waals surface area contributed by atoms with Gasteiger partial charge in [-0.1, -0.05) is 96.9 Å². The lowest BCUT2D eigenvalue weighted by Gasteiger charge is -2.60. The van der Waals surface area contributed by atoms with Crippen LogP contribution in [0.4, 0.5) is 9.18 Å². The summed E-state index contributed by atoms with van der Waals surface area (Å²) in [5, 5.41) is 27.1. The molecule has 1 saturated heterocycles. The van der Waals surface area contributed by atoms with Gasteiger partial charge < -0.3 is 38.7 Å². The zero-order chi connectivity index (χ0) is 46.6. The van der Waals surface area contributed by atoms with Gasteiger partial charge in [-0.2, -0.15) is 0 Å². The number of hydrogen-bond donors (Lipinski definition) is 2. The topological polar surface area (TPSA) is 129 Å². The number of ether oxygens (including phenoxy) is 5. The fourth-order valence-corrected chi connectivity index (χ4v) is 10.7. The Labute approximate surface area is 393 Å². The maximum atomic E-state index is 15.0. The van der Waals surface area contributed by atoms with Gasteiger partial charge in [-0.05, 0) is 103 Å². The van der Waals surface area contributed by atoms with Crippen LogP contribution in [0.5, 0.6) is 11.5 Å². The lowest BCUT2D eigenvalue weighted by molar-refractivity contribution is -0.256. The largest absolute Gasteiger partial charge is 0.489 e. The minimum atomic E-state index is -1.51. The second-order valence-corrected chi connectivity index (χ2v) is 18.0. The third-order valence-electron chi connectivity index (χ3n) is 13.8. The van der Waals surface area contributed by atoms with Crippen LogP contribution in [-0.4, -0.2) is 78.1 Å². The molecule has 0 aromatic heterocycles. The first-order valence-corrected chi connectivity index (χ1v) is 24.1. The monoisotopic (exact) mass is 916 g/mol. The van der Waals surface area contributed by atoms with Crippen LogP contribution in [0.15, 0.2) is 127 Å². The van der Waals surface area contributed by atoms with Gasteiger partial charge >= 0.3 is 6.09 Å². The molecule has 4 aromatic carbocycles. The molecule has 7 atom stereocenters. The highest BCUT2D eigenvalue weighted by Gasteiger charge is 2.66. The summed E-state index contributed by atoms with van der Waals surface area (Å²) in [7, 11) is 0. The maximum absolute atomic E-state index is 15.0. The van der Waals surface area contributed by atoms with Gasteiger partial charge in [0.15, 0.2) is 0 Å². The molecule has 4 aliphatic rings. The van der Waals surface area contributed by atoms with E-state index in [1.54, 1.807) is 35.3 Å². The predicted octanol–water partition coefficient (Wildman–Crippen LogP) is 10.9. The summed E-state index contributed by atoms with van der Waals surface area (Å²) >= 11 is 0. The normalized spacial score (nSPS) is 24.7. The molecule has 1 amide bonds. The number of oxime groups is 1. The first-order chi connectivity index (χ1) is 32.9. The Morgan fingerprint density at radius 3 is 2.51 bits per heavy atom. The van der Waals surface area contributed by atoms with E-state index < -0.39 is 30.1 Å². The zero-order valence-corrected chi connectivity index (χ0v) is 38.4. The molecule has 2 N–H and O–H groups in total. The van der Waals surface area contributed by atoms with Crippen molar-refractivity contribution in [2.45, 2.75) is 108 Å². The number of aliphatic hydroxyl groups is 2. The maximum Gasteiger partial charge on any atom is 0.410 e. The van der Waals surface area contributed by atoms with Crippen LogP contribution in [0.25, 0.3) is 10.8 Å². The van der Waals surface area contributed by atoms with Crippen molar-refractivity contribution < 1.29 is 47.9 Å². The molecule has 8 rings (SSSR count). The van der Waals surface area contributed by atoms with Gasteiger partial charge in [0.05, 0.1) is 38.0 Å². The second kappa shape index (κ2) is 23.0. The number of benzene rings is 4. The standard InChI is InChI=1S/C55H65FN2O9/c1-3-5-31-63-54(61)58(36-40-21-16-20-38-17-6-8-22-43(38)40)50-35-48(57-67-51-25-12-15-32-62-51)45-33-39(18-10-13-28-59)44(23-11-14-29-60)52-46-34-42(64-37-41-19-7-9-24-47(41)56)26-27-49(46)66-55(50,53(45)52)65-30-4-2/h3-4,6-9,16-17,19-22,24,26-27,33-34,39,44,50-53,59-60H,1-2,5,10-15,18,23,25,28-32,35-37H2. The van der Waals surface area contributed by atoms with E-state index in [1.165, 1.54) is 6.07 Å². The zero-order valence-electron chi connectivity index (χ0n) is 38.4. The highest BCUT2D eigenvalue weighted by atomic mass is 19.1. The summed E-state index contributed by atoms with van der Waals surface area (Å²) in [5.41, 5.74) is 3.82. The van der Waals surface area contributed by atoms with Crippen LogP contribution < -0.4 is 9.47 Å². The molecule has 2 fully saturated rings. The van der Waals surface area contributed by atoms with Gasteiger partial charge in [-0.3, -0.25) is 4.90 Å². The summed E-state index contributed by atoms with van der Waals surface area (Å²) in [6.45, 7) is 9.09. The molecule has 0 spiro atoms. The third kappa shape index (κ3) is 10.8. The van der Waals surface area contributed by atoms with Crippen molar-refractivity contribution >= 4 is 22.6 Å². The molecule has 1 saturated carbocycles. The number of halogens is 1. The third-order valence-corrected chi connectivity index (χ3v) is 13.8.